The molecule has 0 atom stereocenters. The Morgan fingerprint density at radius 1 is 1.23 bits per heavy atom. The fourth-order valence-corrected chi connectivity index (χ4v) is 1.34. The van der Waals surface area contributed by atoms with E-state index in [0.29, 0.717) is 5.89 Å². The molecule has 0 amide bonds. The predicted molar refractivity (Wildman–Crippen MR) is 51.4 cm³/mol. The summed E-state index contributed by atoms with van der Waals surface area (Å²) in [4.78, 5) is 4.12. The van der Waals surface area contributed by atoms with E-state index in [0.717, 1.165) is 5.56 Å². The summed E-state index contributed by atoms with van der Waals surface area (Å²) in [5, 5.41) is 0. The molecule has 0 radical (unpaired) electrons. The molecular formula is C11H11NO. The Morgan fingerprint density at radius 3 is 2.77 bits per heavy atom. The topological polar surface area (TPSA) is 26.0 Å². The number of oxazole rings is 1. The molecule has 0 aliphatic rings. The molecule has 2 nitrogen and oxygen atoms in total. The van der Waals surface area contributed by atoms with Crippen molar-refractivity contribution in [3.05, 3.63) is 41.8 Å². The molecule has 2 rings (SSSR count). The Kier molecular flexibility index (Phi) is 1.89. The summed E-state index contributed by atoms with van der Waals surface area (Å²) in [6.45, 7) is 4.16. The maximum absolute atomic E-state index is 5.24. The van der Waals surface area contributed by atoms with E-state index >= 15 is 0 Å². The average molecular weight is 173 g/mol. The minimum Gasteiger partial charge on any atom is -0.445 e. The van der Waals surface area contributed by atoms with Crippen LogP contribution >= 0.6 is 0 Å². The van der Waals surface area contributed by atoms with E-state index in [1.807, 2.05) is 12.1 Å². The molecular weight excluding hydrogens is 162 g/mol. The molecule has 0 N–H and O–H groups in total. The number of nitrogens with zero attached hydrogens (tertiary/aromatic N) is 1. The Hall–Kier alpha value is -1.57. The zero-order valence-electron chi connectivity index (χ0n) is 7.74. The normalized spacial score (nSPS) is 10.3. The monoisotopic (exact) mass is 173 g/mol. The quantitative estimate of drug-likeness (QED) is 0.662. The van der Waals surface area contributed by atoms with Crippen molar-refractivity contribution >= 4 is 0 Å². The maximum atomic E-state index is 5.24. The third kappa shape index (κ3) is 1.35. The van der Waals surface area contributed by atoms with Gasteiger partial charge in [0.05, 0.1) is 6.20 Å². The molecule has 0 saturated heterocycles. The van der Waals surface area contributed by atoms with Crippen LogP contribution in [-0.2, 0) is 0 Å². The molecule has 2 heteroatoms. The summed E-state index contributed by atoms with van der Waals surface area (Å²) in [6.07, 6.45) is 3.26. The number of hydrogen-bond acceptors (Lipinski definition) is 2. The zero-order chi connectivity index (χ0) is 9.26. The van der Waals surface area contributed by atoms with E-state index in [1.54, 1.807) is 12.5 Å². The lowest BCUT2D eigenvalue weighted by Gasteiger charge is -2.03. The van der Waals surface area contributed by atoms with E-state index < -0.39 is 0 Å². The summed E-state index contributed by atoms with van der Waals surface area (Å²) in [7, 11) is 0. The maximum Gasteiger partial charge on any atom is 0.226 e. The van der Waals surface area contributed by atoms with E-state index in [4.69, 9.17) is 4.42 Å². The molecule has 13 heavy (non-hydrogen) atoms. The fourth-order valence-electron chi connectivity index (χ4n) is 1.34. The summed E-state index contributed by atoms with van der Waals surface area (Å²) < 4.78 is 5.24. The highest BCUT2D eigenvalue weighted by Crippen LogP contribution is 2.23. The number of aryl methyl sites for hydroxylation is 1. The van der Waals surface area contributed by atoms with Crippen molar-refractivity contribution in [3.63, 3.8) is 0 Å². The summed E-state index contributed by atoms with van der Waals surface area (Å²) in [5.74, 6) is 0.696. The van der Waals surface area contributed by atoms with Crippen LogP contribution in [0.4, 0.5) is 0 Å². The van der Waals surface area contributed by atoms with Gasteiger partial charge in [0.15, 0.2) is 0 Å². The van der Waals surface area contributed by atoms with E-state index in [2.05, 4.69) is 24.9 Å². The molecule has 1 aromatic carbocycles. The Labute approximate surface area is 77.2 Å². The Balaban J connectivity index is 2.59. The second kappa shape index (κ2) is 3.05. The summed E-state index contributed by atoms with van der Waals surface area (Å²) in [6, 6.07) is 6.12. The number of rotatable bonds is 1. The zero-order valence-corrected chi connectivity index (χ0v) is 7.74. The van der Waals surface area contributed by atoms with Crippen LogP contribution in [0.2, 0.25) is 0 Å². The van der Waals surface area contributed by atoms with Crippen LogP contribution in [0.5, 0.6) is 0 Å². The molecule has 2 aromatic rings. The number of benzene rings is 1. The third-order valence-electron chi connectivity index (χ3n) is 2.27. The van der Waals surface area contributed by atoms with Crippen LogP contribution in [-0.4, -0.2) is 4.98 Å². The van der Waals surface area contributed by atoms with Gasteiger partial charge in [-0.15, -0.1) is 0 Å². The van der Waals surface area contributed by atoms with Gasteiger partial charge in [0, 0.05) is 5.56 Å². The fraction of sp³-hybridized carbons (Fsp3) is 0.182. The van der Waals surface area contributed by atoms with Crippen molar-refractivity contribution in [3.8, 4) is 11.5 Å². The molecule has 0 aliphatic heterocycles. The van der Waals surface area contributed by atoms with Gasteiger partial charge in [0.1, 0.15) is 6.26 Å². The van der Waals surface area contributed by atoms with Crippen LogP contribution in [0.15, 0.2) is 35.1 Å². The molecule has 0 unspecified atom stereocenters. The largest absolute Gasteiger partial charge is 0.445 e. The predicted octanol–water partition coefficient (Wildman–Crippen LogP) is 2.96. The van der Waals surface area contributed by atoms with Gasteiger partial charge in [-0.25, -0.2) is 4.98 Å². The second-order valence-corrected chi connectivity index (χ2v) is 3.08. The van der Waals surface area contributed by atoms with Crippen LogP contribution in [0.3, 0.4) is 0 Å². The molecule has 0 aliphatic carbocycles. The highest BCUT2D eigenvalue weighted by molar-refractivity contribution is 5.59. The van der Waals surface area contributed by atoms with Crippen molar-refractivity contribution in [2.45, 2.75) is 13.8 Å². The second-order valence-electron chi connectivity index (χ2n) is 3.08. The van der Waals surface area contributed by atoms with E-state index in [-0.39, 0.29) is 0 Å². The number of hydrogen-bond donors (Lipinski definition) is 0. The van der Waals surface area contributed by atoms with Crippen molar-refractivity contribution in [2.75, 3.05) is 0 Å². The smallest absolute Gasteiger partial charge is 0.226 e. The summed E-state index contributed by atoms with van der Waals surface area (Å²) >= 11 is 0. The van der Waals surface area contributed by atoms with Crippen LogP contribution in [0, 0.1) is 13.8 Å². The highest BCUT2D eigenvalue weighted by atomic mass is 16.3. The van der Waals surface area contributed by atoms with Crippen LogP contribution < -0.4 is 0 Å². The highest BCUT2D eigenvalue weighted by Gasteiger charge is 2.06. The molecule has 66 valence electrons. The molecule has 0 saturated carbocycles. The SMILES string of the molecule is Cc1cccc(-c2ncco2)c1C. The molecule has 0 fully saturated rings. The van der Waals surface area contributed by atoms with Gasteiger partial charge in [0.25, 0.3) is 0 Å². The van der Waals surface area contributed by atoms with Crippen molar-refractivity contribution in [1.29, 1.82) is 0 Å². The lowest BCUT2D eigenvalue weighted by Crippen LogP contribution is -1.86. The van der Waals surface area contributed by atoms with Gasteiger partial charge in [0.2, 0.25) is 5.89 Å². The first kappa shape index (κ1) is 8.05. The Morgan fingerprint density at radius 2 is 2.08 bits per heavy atom. The van der Waals surface area contributed by atoms with Crippen molar-refractivity contribution in [1.82, 2.24) is 4.98 Å². The van der Waals surface area contributed by atoms with Crippen molar-refractivity contribution < 1.29 is 4.42 Å². The summed E-state index contributed by atoms with van der Waals surface area (Å²) in [5.41, 5.74) is 3.56. The molecule has 0 bridgehead atoms. The van der Waals surface area contributed by atoms with Gasteiger partial charge < -0.3 is 4.42 Å². The standard InChI is InChI=1S/C11H11NO/c1-8-4-3-5-10(9(8)2)11-12-6-7-13-11/h3-7H,1-2H3. The first-order valence-corrected chi connectivity index (χ1v) is 4.25. The lowest BCUT2D eigenvalue weighted by molar-refractivity contribution is 0.574. The van der Waals surface area contributed by atoms with Gasteiger partial charge in [-0.3, -0.25) is 0 Å². The van der Waals surface area contributed by atoms with E-state index in [9.17, 15) is 0 Å². The molecule has 1 aromatic heterocycles. The first-order chi connectivity index (χ1) is 6.29. The minimum absolute atomic E-state index is 0.696. The Bertz CT molecular complexity index is 404. The lowest BCUT2D eigenvalue weighted by atomic mass is 10.0. The van der Waals surface area contributed by atoms with Gasteiger partial charge in [-0.2, -0.15) is 0 Å². The van der Waals surface area contributed by atoms with Crippen molar-refractivity contribution in [2.24, 2.45) is 0 Å². The molecule has 0 spiro atoms. The number of aromatic nitrogens is 1. The van der Waals surface area contributed by atoms with Gasteiger partial charge in [-0.1, -0.05) is 12.1 Å². The first-order valence-electron chi connectivity index (χ1n) is 4.25. The van der Waals surface area contributed by atoms with Gasteiger partial charge >= 0.3 is 0 Å². The van der Waals surface area contributed by atoms with E-state index in [1.165, 1.54) is 11.1 Å². The van der Waals surface area contributed by atoms with Gasteiger partial charge in [-0.05, 0) is 31.0 Å². The average Bonchev–Trinajstić information content (AvgIpc) is 2.62. The van der Waals surface area contributed by atoms with Crippen LogP contribution in [0.1, 0.15) is 11.1 Å². The molecule has 1 heterocycles. The van der Waals surface area contributed by atoms with Crippen LogP contribution in [0.25, 0.3) is 11.5 Å². The third-order valence-corrected chi connectivity index (χ3v) is 2.27. The minimum atomic E-state index is 0.696.